The maximum Gasteiger partial charge on any atom is 0.293 e. The molecular weight excluding hydrogens is 372 g/mol. The second kappa shape index (κ2) is 6.97. The highest BCUT2D eigenvalue weighted by atomic mass is 35.5. The van der Waals surface area contributed by atoms with E-state index < -0.39 is 17.0 Å². The summed E-state index contributed by atoms with van der Waals surface area (Å²) in [5.41, 5.74) is 0.941. The number of hydrogen-bond donors (Lipinski definition) is 0. The third-order valence-corrected chi connectivity index (χ3v) is 5.04. The van der Waals surface area contributed by atoms with E-state index in [0.717, 1.165) is 16.7 Å². The fourth-order valence-corrected chi connectivity index (χ4v) is 3.34. The van der Waals surface area contributed by atoms with E-state index in [0.29, 0.717) is 15.6 Å². The highest BCUT2D eigenvalue weighted by Crippen LogP contribution is 2.34. The Morgan fingerprint density at radius 1 is 1.08 bits per heavy atom. The van der Waals surface area contributed by atoms with Gasteiger partial charge in [0.05, 0.1) is 21.5 Å². The van der Waals surface area contributed by atoms with Crippen molar-refractivity contribution < 1.29 is 14.0 Å². The number of imide groups is 1. The number of hydrogen-bond acceptors (Lipinski definition) is 3. The molecule has 1 fully saturated rings. The van der Waals surface area contributed by atoms with Crippen LogP contribution in [0.5, 0.6) is 0 Å². The Morgan fingerprint density at radius 2 is 1.83 bits per heavy atom. The third kappa shape index (κ3) is 3.48. The molecule has 122 valence electrons. The van der Waals surface area contributed by atoms with Gasteiger partial charge in [0.1, 0.15) is 5.82 Å². The van der Waals surface area contributed by atoms with Crippen LogP contribution in [0.25, 0.3) is 6.08 Å². The third-order valence-electron chi connectivity index (χ3n) is 3.39. The lowest BCUT2D eigenvalue weighted by Gasteiger charge is -2.12. The van der Waals surface area contributed by atoms with Crippen LogP contribution in [0.3, 0.4) is 0 Å². The van der Waals surface area contributed by atoms with Gasteiger partial charge in [-0.25, -0.2) is 4.39 Å². The summed E-state index contributed by atoms with van der Waals surface area (Å²) in [4.78, 5) is 25.8. The number of amides is 2. The molecule has 0 bridgehead atoms. The standard InChI is InChI=1S/C17H10Cl2FNO2S/c18-12-6-5-10(7-13(12)19)9-21-16(22)15(24-17(21)23)8-11-3-1-2-4-14(11)20/h1-8H,9H2/b15-8+. The molecule has 0 unspecified atom stereocenters. The number of nitrogens with zero attached hydrogens (tertiary/aromatic N) is 1. The van der Waals surface area contributed by atoms with E-state index in [4.69, 9.17) is 23.2 Å². The zero-order valence-electron chi connectivity index (χ0n) is 12.1. The van der Waals surface area contributed by atoms with Gasteiger partial charge in [-0.15, -0.1) is 0 Å². The summed E-state index contributed by atoms with van der Waals surface area (Å²) in [6.45, 7) is 0.0795. The van der Waals surface area contributed by atoms with Crippen LogP contribution in [0.15, 0.2) is 47.4 Å². The first-order valence-corrected chi connectivity index (χ1v) is 8.47. The van der Waals surface area contributed by atoms with Gasteiger partial charge in [0.25, 0.3) is 11.1 Å². The van der Waals surface area contributed by atoms with Crippen LogP contribution < -0.4 is 0 Å². The Bertz CT molecular complexity index is 869. The maximum absolute atomic E-state index is 13.7. The molecule has 2 aromatic carbocycles. The minimum absolute atomic E-state index is 0.0795. The van der Waals surface area contributed by atoms with Crippen molar-refractivity contribution in [2.24, 2.45) is 0 Å². The van der Waals surface area contributed by atoms with Crippen molar-refractivity contribution in [3.05, 3.63) is 74.4 Å². The molecule has 2 amide bonds. The van der Waals surface area contributed by atoms with Crippen molar-refractivity contribution >= 4 is 52.2 Å². The monoisotopic (exact) mass is 381 g/mol. The van der Waals surface area contributed by atoms with Gasteiger partial charge in [-0.3, -0.25) is 14.5 Å². The summed E-state index contributed by atoms with van der Waals surface area (Å²) < 4.78 is 13.7. The van der Waals surface area contributed by atoms with Crippen molar-refractivity contribution in [3.8, 4) is 0 Å². The number of carbonyl (C=O) groups is 2. The van der Waals surface area contributed by atoms with Crippen LogP contribution in [0.2, 0.25) is 10.0 Å². The number of benzene rings is 2. The van der Waals surface area contributed by atoms with Crippen molar-refractivity contribution in [3.63, 3.8) is 0 Å². The largest absolute Gasteiger partial charge is 0.293 e. The highest BCUT2D eigenvalue weighted by Gasteiger charge is 2.35. The highest BCUT2D eigenvalue weighted by molar-refractivity contribution is 8.18. The van der Waals surface area contributed by atoms with E-state index in [1.54, 1.807) is 36.4 Å². The average molecular weight is 382 g/mol. The summed E-state index contributed by atoms with van der Waals surface area (Å²) in [6.07, 6.45) is 1.38. The van der Waals surface area contributed by atoms with Crippen LogP contribution >= 0.6 is 35.0 Å². The second-order valence-electron chi connectivity index (χ2n) is 5.04. The maximum atomic E-state index is 13.7. The quantitative estimate of drug-likeness (QED) is 0.670. The normalized spacial score (nSPS) is 16.3. The van der Waals surface area contributed by atoms with E-state index >= 15 is 0 Å². The molecule has 2 aromatic rings. The van der Waals surface area contributed by atoms with Gasteiger partial charge in [-0.05, 0) is 41.6 Å². The van der Waals surface area contributed by atoms with Crippen molar-refractivity contribution in [1.29, 1.82) is 0 Å². The molecule has 1 aliphatic heterocycles. The van der Waals surface area contributed by atoms with Gasteiger partial charge >= 0.3 is 0 Å². The summed E-state index contributed by atoms with van der Waals surface area (Å²) in [6, 6.07) is 11.0. The van der Waals surface area contributed by atoms with Crippen LogP contribution in [-0.2, 0) is 11.3 Å². The molecule has 0 atom stereocenters. The number of carbonyl (C=O) groups excluding carboxylic acids is 2. The van der Waals surface area contributed by atoms with Gasteiger partial charge in [0.15, 0.2) is 0 Å². The summed E-state index contributed by atoms with van der Waals surface area (Å²) in [5, 5.41) is 0.339. The fourth-order valence-electron chi connectivity index (χ4n) is 2.19. The summed E-state index contributed by atoms with van der Waals surface area (Å²) in [5.74, 6) is -0.909. The van der Waals surface area contributed by atoms with Gasteiger partial charge < -0.3 is 0 Å². The molecule has 3 rings (SSSR count). The molecule has 7 heteroatoms. The van der Waals surface area contributed by atoms with E-state index in [1.165, 1.54) is 12.1 Å². The molecule has 24 heavy (non-hydrogen) atoms. The van der Waals surface area contributed by atoms with Gasteiger partial charge in [0.2, 0.25) is 0 Å². The van der Waals surface area contributed by atoms with E-state index in [2.05, 4.69) is 0 Å². The molecule has 0 aromatic heterocycles. The molecule has 3 nitrogen and oxygen atoms in total. The molecule has 0 spiro atoms. The van der Waals surface area contributed by atoms with Crippen LogP contribution in [-0.4, -0.2) is 16.0 Å². The smallest absolute Gasteiger partial charge is 0.268 e. The van der Waals surface area contributed by atoms with E-state index in [1.807, 2.05) is 0 Å². The van der Waals surface area contributed by atoms with Crippen LogP contribution in [0.4, 0.5) is 9.18 Å². The molecule has 1 saturated heterocycles. The molecular formula is C17H10Cl2FNO2S. The Hall–Kier alpha value is -1.82. The van der Waals surface area contributed by atoms with Gasteiger partial charge in [-0.1, -0.05) is 47.5 Å². The number of halogens is 3. The average Bonchev–Trinajstić information content (AvgIpc) is 2.81. The predicted octanol–water partition coefficient (Wildman–Crippen LogP) is 5.37. The topological polar surface area (TPSA) is 37.4 Å². The molecule has 1 heterocycles. The first-order valence-electron chi connectivity index (χ1n) is 6.89. The Kier molecular flexibility index (Phi) is 4.94. The van der Waals surface area contributed by atoms with Gasteiger partial charge in [-0.2, -0.15) is 0 Å². The lowest BCUT2D eigenvalue weighted by atomic mass is 10.2. The summed E-state index contributed by atoms with van der Waals surface area (Å²) in [7, 11) is 0. The second-order valence-corrected chi connectivity index (χ2v) is 6.85. The van der Waals surface area contributed by atoms with E-state index in [-0.39, 0.29) is 17.0 Å². The Morgan fingerprint density at radius 3 is 2.54 bits per heavy atom. The number of rotatable bonds is 3. The van der Waals surface area contributed by atoms with Crippen LogP contribution in [0, 0.1) is 5.82 Å². The molecule has 0 N–H and O–H groups in total. The van der Waals surface area contributed by atoms with Crippen molar-refractivity contribution in [2.45, 2.75) is 6.54 Å². The molecule has 0 aliphatic carbocycles. The number of thioether (sulfide) groups is 1. The predicted molar refractivity (Wildman–Crippen MR) is 94.4 cm³/mol. The summed E-state index contributed by atoms with van der Waals surface area (Å²) >= 11 is 12.6. The minimum atomic E-state index is -0.459. The molecule has 0 saturated carbocycles. The van der Waals surface area contributed by atoms with Crippen LogP contribution in [0.1, 0.15) is 11.1 Å². The lowest BCUT2D eigenvalue weighted by Crippen LogP contribution is -2.27. The Labute approximate surface area is 152 Å². The fraction of sp³-hybridized carbons (Fsp3) is 0.0588. The Balaban J connectivity index is 1.84. The first-order chi connectivity index (χ1) is 11.5. The van der Waals surface area contributed by atoms with Gasteiger partial charge in [0, 0.05) is 5.56 Å². The van der Waals surface area contributed by atoms with Crippen molar-refractivity contribution in [2.75, 3.05) is 0 Å². The zero-order valence-corrected chi connectivity index (χ0v) is 14.5. The minimum Gasteiger partial charge on any atom is -0.268 e. The molecule has 1 aliphatic rings. The molecule has 0 radical (unpaired) electrons. The zero-order chi connectivity index (χ0) is 17.3. The van der Waals surface area contributed by atoms with Crippen molar-refractivity contribution in [1.82, 2.24) is 4.90 Å². The first kappa shape index (κ1) is 17.0. The SMILES string of the molecule is O=C1S/C(=C/c2ccccc2F)C(=O)N1Cc1ccc(Cl)c(Cl)c1. The lowest BCUT2D eigenvalue weighted by molar-refractivity contribution is -0.123. The van der Waals surface area contributed by atoms with E-state index in [9.17, 15) is 14.0 Å².